The summed E-state index contributed by atoms with van der Waals surface area (Å²) in [6, 6.07) is 4.86. The molecule has 0 heterocycles. The molecule has 0 aliphatic carbocycles. The summed E-state index contributed by atoms with van der Waals surface area (Å²) in [7, 11) is 1.47. The van der Waals surface area contributed by atoms with E-state index in [9.17, 15) is 9.90 Å². The first-order valence-corrected chi connectivity index (χ1v) is 11.1. The van der Waals surface area contributed by atoms with E-state index in [1.165, 1.54) is 24.8 Å². The quantitative estimate of drug-likeness (QED) is 0.0956. The maximum Gasteiger partial charge on any atom is 0.243 e. The Bertz CT molecular complexity index is 862. The van der Waals surface area contributed by atoms with Crippen molar-refractivity contribution in [3.05, 3.63) is 53.1 Å². The molecule has 1 amide bonds. The number of hydrogen-bond acceptors (Lipinski definition) is 5. The highest BCUT2D eigenvalue weighted by atomic mass is 16.5. The number of carbonyl (C=O) groups is 1. The topological polar surface area (TPSA) is 132 Å². The number of nitrogens with zero attached hydrogens (tertiary/aromatic N) is 1. The number of phenols is 1. The Labute approximate surface area is 196 Å². The second kappa shape index (κ2) is 15.5. The molecular weight excluding hydrogens is 420 g/mol. The van der Waals surface area contributed by atoms with E-state index in [-0.39, 0.29) is 24.2 Å². The van der Waals surface area contributed by atoms with Crippen molar-refractivity contribution >= 4 is 17.9 Å². The number of allylic oxidation sites excluding steroid dienone is 2. The lowest BCUT2D eigenvalue weighted by molar-refractivity contribution is -0.116. The summed E-state index contributed by atoms with van der Waals surface area (Å²) in [5, 5.41) is 29.2. The third-order valence-corrected chi connectivity index (χ3v) is 5.07. The highest BCUT2D eigenvalue weighted by Gasteiger charge is 2.05. The van der Waals surface area contributed by atoms with E-state index in [0.29, 0.717) is 25.4 Å². The normalized spacial score (nSPS) is 12.1. The lowest BCUT2D eigenvalue weighted by Crippen LogP contribution is -2.37. The summed E-state index contributed by atoms with van der Waals surface area (Å²) in [4.78, 5) is 13.8. The Morgan fingerprint density at radius 3 is 2.67 bits per heavy atom. The summed E-state index contributed by atoms with van der Waals surface area (Å²) < 4.78 is 5.05. The Morgan fingerprint density at radius 1 is 1.24 bits per heavy atom. The predicted molar refractivity (Wildman–Crippen MR) is 133 cm³/mol. The molecule has 0 saturated carbocycles. The van der Waals surface area contributed by atoms with Gasteiger partial charge in [0.05, 0.1) is 13.7 Å². The van der Waals surface area contributed by atoms with E-state index in [1.54, 1.807) is 23.1 Å². The highest BCUT2D eigenvalue weighted by molar-refractivity contribution is 5.91. The summed E-state index contributed by atoms with van der Waals surface area (Å²) in [6.45, 7) is 5.79. The van der Waals surface area contributed by atoms with E-state index >= 15 is 0 Å². The smallest absolute Gasteiger partial charge is 0.243 e. The number of aliphatic hydroxyl groups is 1. The molecule has 1 rings (SSSR count). The van der Waals surface area contributed by atoms with Crippen LogP contribution in [0.5, 0.6) is 11.5 Å². The van der Waals surface area contributed by atoms with Crippen molar-refractivity contribution in [3.8, 4) is 11.5 Å². The molecule has 0 saturated heterocycles. The molecule has 0 aromatic heterocycles. The lowest BCUT2D eigenvalue weighted by atomic mass is 10.1. The molecule has 1 aromatic rings. The van der Waals surface area contributed by atoms with Crippen LogP contribution in [-0.2, 0) is 4.79 Å². The van der Waals surface area contributed by atoms with Gasteiger partial charge in [-0.1, -0.05) is 29.4 Å². The number of carbonyl (C=O) groups excluding carboxylic acids is 1. The number of rotatable bonds is 14. The molecule has 0 aliphatic heterocycles. The molecule has 182 valence electrons. The molecule has 33 heavy (non-hydrogen) atoms. The fourth-order valence-corrected chi connectivity index (χ4v) is 2.96. The van der Waals surface area contributed by atoms with E-state index in [0.717, 1.165) is 36.8 Å². The zero-order chi connectivity index (χ0) is 24.6. The first kappa shape index (κ1) is 27.8. The third-order valence-electron chi connectivity index (χ3n) is 5.07. The van der Waals surface area contributed by atoms with Crippen molar-refractivity contribution in [2.75, 3.05) is 33.4 Å². The van der Waals surface area contributed by atoms with Gasteiger partial charge in [-0.15, -0.1) is 0 Å². The van der Waals surface area contributed by atoms with Crippen LogP contribution in [0.1, 0.15) is 45.1 Å². The van der Waals surface area contributed by atoms with Crippen LogP contribution in [-0.4, -0.2) is 60.3 Å². The van der Waals surface area contributed by atoms with Gasteiger partial charge in [-0.3, -0.25) is 10.2 Å². The van der Waals surface area contributed by atoms with Crippen molar-refractivity contribution in [2.24, 2.45) is 5.73 Å². The minimum atomic E-state index is -0.200. The number of guanidine groups is 1. The van der Waals surface area contributed by atoms with Crippen LogP contribution in [0.25, 0.3) is 6.08 Å². The average Bonchev–Trinajstić information content (AvgIpc) is 2.79. The molecule has 0 spiro atoms. The number of benzene rings is 1. The maximum atomic E-state index is 12.0. The second-order valence-electron chi connectivity index (χ2n) is 7.89. The van der Waals surface area contributed by atoms with Gasteiger partial charge in [0.25, 0.3) is 0 Å². The second-order valence-corrected chi connectivity index (χ2v) is 7.89. The number of amides is 1. The van der Waals surface area contributed by atoms with Gasteiger partial charge in [-0.25, -0.2) is 0 Å². The molecule has 8 nitrogen and oxygen atoms in total. The predicted octanol–water partition coefficient (Wildman–Crippen LogP) is 3.17. The van der Waals surface area contributed by atoms with Crippen molar-refractivity contribution in [2.45, 2.75) is 39.5 Å². The zero-order valence-corrected chi connectivity index (χ0v) is 19.9. The Balaban J connectivity index is 2.35. The molecular formula is C25H38N4O4. The summed E-state index contributed by atoms with van der Waals surface area (Å²) in [6.07, 6.45) is 10.6. The largest absolute Gasteiger partial charge is 0.504 e. The van der Waals surface area contributed by atoms with Gasteiger partial charge < -0.3 is 30.9 Å². The molecule has 6 N–H and O–H groups in total. The minimum Gasteiger partial charge on any atom is -0.504 e. The van der Waals surface area contributed by atoms with E-state index in [2.05, 4.69) is 18.3 Å². The monoisotopic (exact) mass is 458 g/mol. The zero-order valence-electron chi connectivity index (χ0n) is 19.9. The third kappa shape index (κ3) is 11.8. The van der Waals surface area contributed by atoms with Crippen molar-refractivity contribution < 1.29 is 19.7 Å². The van der Waals surface area contributed by atoms with Crippen molar-refractivity contribution in [1.82, 2.24) is 10.2 Å². The number of nitrogens with two attached hydrogens (primary N) is 1. The van der Waals surface area contributed by atoms with Crippen molar-refractivity contribution in [1.29, 1.82) is 5.41 Å². The fraction of sp³-hybridized carbons (Fsp3) is 0.440. The number of hydrogen-bond donors (Lipinski definition) is 5. The number of nitrogens with one attached hydrogen (secondary N) is 2. The number of ether oxygens (including phenoxy) is 1. The van der Waals surface area contributed by atoms with Crippen LogP contribution in [0.3, 0.4) is 0 Å². The van der Waals surface area contributed by atoms with Crippen LogP contribution in [0.4, 0.5) is 0 Å². The molecule has 8 heteroatoms. The first-order valence-electron chi connectivity index (χ1n) is 11.1. The van der Waals surface area contributed by atoms with E-state index in [1.807, 2.05) is 13.0 Å². The Hall–Kier alpha value is -3.26. The van der Waals surface area contributed by atoms with E-state index < -0.39 is 0 Å². The van der Waals surface area contributed by atoms with Crippen LogP contribution < -0.4 is 15.8 Å². The number of unbranched alkanes of at least 4 members (excludes halogenated alkanes) is 1. The molecule has 0 aliphatic rings. The van der Waals surface area contributed by atoms with Gasteiger partial charge in [-0.05, 0) is 63.3 Å². The van der Waals surface area contributed by atoms with Gasteiger partial charge >= 0.3 is 0 Å². The molecule has 0 atom stereocenters. The van der Waals surface area contributed by atoms with Crippen LogP contribution in [0.15, 0.2) is 47.6 Å². The molecule has 0 radical (unpaired) electrons. The van der Waals surface area contributed by atoms with Crippen LogP contribution in [0, 0.1) is 5.41 Å². The Kier molecular flexibility index (Phi) is 13.1. The van der Waals surface area contributed by atoms with Gasteiger partial charge in [0.2, 0.25) is 5.91 Å². The van der Waals surface area contributed by atoms with Gasteiger partial charge in [0.15, 0.2) is 17.5 Å². The number of phenolic OH excluding ortho intramolecular Hbond substituents is 1. The van der Waals surface area contributed by atoms with Crippen LogP contribution >= 0.6 is 0 Å². The standard InChI is InChI=1S/C25H38N4O4/c1-19(7-6-8-20(2)18-30)13-16-29(25(26)27)15-5-4-14-28-24(32)12-10-21-9-11-22(31)23(17-21)33-3/h8-13,17,30-31H,4-7,14-16,18H2,1-3H3,(H3,26,27)(H,28,32)/b12-10+,19-13+,20-8+. The van der Waals surface area contributed by atoms with Gasteiger partial charge in [0.1, 0.15) is 0 Å². The molecule has 0 bridgehead atoms. The maximum absolute atomic E-state index is 12.0. The van der Waals surface area contributed by atoms with E-state index in [4.69, 9.17) is 21.0 Å². The summed E-state index contributed by atoms with van der Waals surface area (Å²) >= 11 is 0. The number of aliphatic hydroxyl groups excluding tert-OH is 1. The highest BCUT2D eigenvalue weighted by Crippen LogP contribution is 2.26. The minimum absolute atomic E-state index is 0.0337. The van der Waals surface area contributed by atoms with Gasteiger partial charge in [-0.2, -0.15) is 0 Å². The molecule has 0 unspecified atom stereocenters. The summed E-state index contributed by atoms with van der Waals surface area (Å²) in [5.41, 5.74) is 8.64. The summed E-state index contributed by atoms with van der Waals surface area (Å²) in [5.74, 6) is 0.238. The SMILES string of the molecule is COc1cc(/C=C/C(=O)NCCCCN(C/C=C(\C)CC/C=C(\C)CO)C(=N)N)ccc1O. The molecule has 0 fully saturated rings. The molecule has 1 aromatic carbocycles. The average molecular weight is 459 g/mol. The number of methoxy groups -OCH3 is 1. The van der Waals surface area contributed by atoms with Crippen LogP contribution in [0.2, 0.25) is 0 Å². The van der Waals surface area contributed by atoms with Gasteiger partial charge in [0, 0.05) is 25.7 Å². The lowest BCUT2D eigenvalue weighted by Gasteiger charge is -2.21. The van der Waals surface area contributed by atoms with Crippen molar-refractivity contribution in [3.63, 3.8) is 0 Å². The number of aromatic hydroxyl groups is 1. The fourth-order valence-electron chi connectivity index (χ4n) is 2.96. The Morgan fingerprint density at radius 2 is 2.00 bits per heavy atom. The first-order chi connectivity index (χ1) is 15.8.